The Labute approximate surface area is 111 Å². The summed E-state index contributed by atoms with van der Waals surface area (Å²) < 4.78 is 5.51. The van der Waals surface area contributed by atoms with Gasteiger partial charge in [0, 0.05) is 13.0 Å². The number of β-amino-alcohol motifs (C(OH)–C–C–N with tert-alkyl or cyclic N) is 1. The van der Waals surface area contributed by atoms with E-state index in [0.29, 0.717) is 0 Å². The quantitative estimate of drug-likeness (QED) is 0.594. The first-order valence-electron chi connectivity index (χ1n) is 6.60. The molecule has 0 aromatic rings. The molecule has 2 rings (SSSR count). The first-order chi connectivity index (χ1) is 9.08. The van der Waals surface area contributed by atoms with Gasteiger partial charge >= 0.3 is 5.97 Å². The minimum absolute atomic E-state index is 0.0565. The van der Waals surface area contributed by atoms with Crippen LogP contribution in [-0.2, 0) is 14.3 Å². The van der Waals surface area contributed by atoms with E-state index in [4.69, 9.17) is 9.84 Å². The number of nitrogens with one attached hydrogen (secondary N) is 1. The molecule has 7 heteroatoms. The average molecular weight is 272 g/mol. The standard InChI is InChI=1S/C12H20N2O5/c15-8-5-10(12(17)18)14(6-8)11(16)7-19-9-1-3-13-4-2-9/h8-10,13,15H,1-7H2,(H,17,18). The summed E-state index contributed by atoms with van der Waals surface area (Å²) in [5.41, 5.74) is 0. The van der Waals surface area contributed by atoms with Crippen LogP contribution in [0.3, 0.4) is 0 Å². The van der Waals surface area contributed by atoms with Crippen LogP contribution in [0.1, 0.15) is 19.3 Å². The third-order valence-corrected chi connectivity index (χ3v) is 3.61. The lowest BCUT2D eigenvalue weighted by atomic mass is 10.1. The van der Waals surface area contributed by atoms with Gasteiger partial charge in [-0.2, -0.15) is 0 Å². The Morgan fingerprint density at radius 2 is 2.00 bits per heavy atom. The number of carboxylic acid groups (broad SMARTS) is 1. The van der Waals surface area contributed by atoms with Crippen molar-refractivity contribution in [2.75, 3.05) is 26.2 Å². The number of hydrogen-bond acceptors (Lipinski definition) is 5. The summed E-state index contributed by atoms with van der Waals surface area (Å²) in [6, 6.07) is -0.931. The molecule has 3 N–H and O–H groups in total. The van der Waals surface area contributed by atoms with E-state index in [1.807, 2.05) is 0 Å². The Kier molecular flexibility index (Phi) is 4.73. The highest BCUT2D eigenvalue weighted by molar-refractivity contribution is 5.85. The van der Waals surface area contributed by atoms with E-state index < -0.39 is 18.1 Å². The van der Waals surface area contributed by atoms with E-state index in [-0.39, 0.29) is 31.6 Å². The molecule has 2 heterocycles. The number of aliphatic hydroxyl groups is 1. The lowest BCUT2D eigenvalue weighted by Gasteiger charge is -2.25. The molecule has 2 aliphatic rings. The summed E-state index contributed by atoms with van der Waals surface area (Å²) in [5.74, 6) is -1.44. The van der Waals surface area contributed by atoms with E-state index in [9.17, 15) is 14.7 Å². The molecular formula is C12H20N2O5. The maximum Gasteiger partial charge on any atom is 0.326 e. The van der Waals surface area contributed by atoms with Crippen molar-refractivity contribution >= 4 is 11.9 Å². The second-order valence-electron chi connectivity index (χ2n) is 5.05. The summed E-state index contributed by atoms with van der Waals surface area (Å²) in [6.45, 7) is 1.71. The van der Waals surface area contributed by atoms with Gasteiger partial charge in [0.05, 0.1) is 12.2 Å². The van der Waals surface area contributed by atoms with Gasteiger partial charge in [-0.25, -0.2) is 4.79 Å². The number of carbonyl (C=O) groups is 2. The van der Waals surface area contributed by atoms with Crippen molar-refractivity contribution < 1.29 is 24.5 Å². The normalized spacial score (nSPS) is 28.6. The van der Waals surface area contributed by atoms with Crippen LogP contribution in [-0.4, -0.2) is 71.5 Å². The fourth-order valence-electron chi connectivity index (χ4n) is 2.56. The van der Waals surface area contributed by atoms with Crippen molar-refractivity contribution in [2.24, 2.45) is 0 Å². The molecule has 1 amide bonds. The number of amides is 1. The Morgan fingerprint density at radius 1 is 1.32 bits per heavy atom. The lowest BCUT2D eigenvalue weighted by Crippen LogP contribution is -2.43. The fourth-order valence-corrected chi connectivity index (χ4v) is 2.56. The first kappa shape index (κ1) is 14.2. The van der Waals surface area contributed by atoms with Crippen LogP contribution >= 0.6 is 0 Å². The number of likely N-dealkylation sites (tertiary alicyclic amines) is 1. The molecular weight excluding hydrogens is 252 g/mol. The van der Waals surface area contributed by atoms with E-state index in [2.05, 4.69) is 5.32 Å². The van der Waals surface area contributed by atoms with Gasteiger partial charge in [0.1, 0.15) is 12.6 Å². The number of hydrogen-bond donors (Lipinski definition) is 3. The van der Waals surface area contributed by atoms with Crippen molar-refractivity contribution in [3.05, 3.63) is 0 Å². The minimum atomic E-state index is -1.08. The predicted molar refractivity (Wildman–Crippen MR) is 65.6 cm³/mol. The Hall–Kier alpha value is -1.18. The fraction of sp³-hybridized carbons (Fsp3) is 0.833. The Bertz CT molecular complexity index is 343. The summed E-state index contributed by atoms with van der Waals surface area (Å²) in [7, 11) is 0. The molecule has 0 aromatic heterocycles. The third-order valence-electron chi connectivity index (χ3n) is 3.61. The Balaban J connectivity index is 1.82. The molecule has 2 saturated heterocycles. The minimum Gasteiger partial charge on any atom is -0.480 e. The van der Waals surface area contributed by atoms with Gasteiger partial charge in [0.25, 0.3) is 0 Å². The van der Waals surface area contributed by atoms with Gasteiger partial charge in [0.15, 0.2) is 0 Å². The number of carboxylic acids is 1. The predicted octanol–water partition coefficient (Wildman–Crippen LogP) is -1.20. The number of rotatable bonds is 4. The summed E-state index contributed by atoms with van der Waals surface area (Å²) in [6.07, 6.45) is 1.11. The highest BCUT2D eigenvalue weighted by atomic mass is 16.5. The zero-order valence-electron chi connectivity index (χ0n) is 10.7. The molecule has 19 heavy (non-hydrogen) atoms. The maximum absolute atomic E-state index is 12.0. The molecule has 2 unspecified atom stereocenters. The molecule has 108 valence electrons. The van der Waals surface area contributed by atoms with Gasteiger partial charge in [-0.3, -0.25) is 4.79 Å². The number of aliphatic carboxylic acids is 1. The summed E-state index contributed by atoms with van der Waals surface area (Å²) in [5, 5.41) is 21.7. The van der Waals surface area contributed by atoms with Gasteiger partial charge in [-0.15, -0.1) is 0 Å². The van der Waals surface area contributed by atoms with E-state index in [0.717, 1.165) is 25.9 Å². The molecule has 2 fully saturated rings. The van der Waals surface area contributed by atoms with Crippen LogP contribution in [0.5, 0.6) is 0 Å². The molecule has 0 aromatic carbocycles. The molecule has 0 radical (unpaired) electrons. The van der Waals surface area contributed by atoms with Crippen molar-refractivity contribution in [2.45, 2.75) is 37.5 Å². The zero-order chi connectivity index (χ0) is 13.8. The van der Waals surface area contributed by atoms with Crippen LogP contribution < -0.4 is 5.32 Å². The Morgan fingerprint density at radius 3 is 2.63 bits per heavy atom. The highest BCUT2D eigenvalue weighted by Crippen LogP contribution is 2.18. The monoisotopic (exact) mass is 272 g/mol. The number of carbonyl (C=O) groups excluding carboxylic acids is 1. The average Bonchev–Trinajstić information content (AvgIpc) is 2.79. The van der Waals surface area contributed by atoms with Gasteiger partial charge in [-0.05, 0) is 25.9 Å². The van der Waals surface area contributed by atoms with Gasteiger partial charge in [-0.1, -0.05) is 0 Å². The van der Waals surface area contributed by atoms with E-state index >= 15 is 0 Å². The van der Waals surface area contributed by atoms with Gasteiger partial charge in [0.2, 0.25) is 5.91 Å². The topological polar surface area (TPSA) is 99.1 Å². The number of nitrogens with zero attached hydrogens (tertiary/aromatic N) is 1. The molecule has 0 spiro atoms. The van der Waals surface area contributed by atoms with Crippen LogP contribution in [0.2, 0.25) is 0 Å². The third kappa shape index (κ3) is 3.65. The number of ether oxygens (including phenoxy) is 1. The van der Waals surface area contributed by atoms with Crippen molar-refractivity contribution in [3.63, 3.8) is 0 Å². The SMILES string of the molecule is O=C(O)C1CC(O)CN1C(=O)COC1CCNCC1. The van der Waals surface area contributed by atoms with E-state index in [1.54, 1.807) is 0 Å². The van der Waals surface area contributed by atoms with Crippen molar-refractivity contribution in [1.29, 1.82) is 0 Å². The van der Waals surface area contributed by atoms with Crippen LogP contribution in [0, 0.1) is 0 Å². The van der Waals surface area contributed by atoms with Crippen LogP contribution in [0.4, 0.5) is 0 Å². The van der Waals surface area contributed by atoms with Crippen LogP contribution in [0.15, 0.2) is 0 Å². The number of aliphatic hydroxyl groups excluding tert-OH is 1. The second kappa shape index (κ2) is 6.31. The molecule has 2 atom stereocenters. The molecule has 0 aliphatic carbocycles. The summed E-state index contributed by atoms with van der Waals surface area (Å²) >= 11 is 0. The van der Waals surface area contributed by atoms with Gasteiger partial charge < -0.3 is 25.2 Å². The lowest BCUT2D eigenvalue weighted by molar-refractivity contribution is -0.151. The zero-order valence-corrected chi connectivity index (χ0v) is 10.7. The van der Waals surface area contributed by atoms with Crippen molar-refractivity contribution in [1.82, 2.24) is 10.2 Å². The van der Waals surface area contributed by atoms with Crippen molar-refractivity contribution in [3.8, 4) is 0 Å². The molecule has 0 bridgehead atoms. The smallest absolute Gasteiger partial charge is 0.326 e. The molecule has 0 saturated carbocycles. The second-order valence-corrected chi connectivity index (χ2v) is 5.05. The molecule has 7 nitrogen and oxygen atoms in total. The number of piperidine rings is 1. The maximum atomic E-state index is 12.0. The largest absolute Gasteiger partial charge is 0.480 e. The first-order valence-corrected chi connectivity index (χ1v) is 6.60. The van der Waals surface area contributed by atoms with Crippen LogP contribution in [0.25, 0.3) is 0 Å². The van der Waals surface area contributed by atoms with E-state index in [1.165, 1.54) is 4.90 Å². The summed E-state index contributed by atoms with van der Waals surface area (Å²) in [4.78, 5) is 24.2. The highest BCUT2D eigenvalue weighted by Gasteiger charge is 2.38. The molecule has 2 aliphatic heterocycles.